The third-order valence-corrected chi connectivity index (χ3v) is 4.20. The van der Waals surface area contributed by atoms with Gasteiger partial charge in [-0.05, 0) is 48.6 Å². The van der Waals surface area contributed by atoms with E-state index in [0.717, 1.165) is 22.3 Å². The average Bonchev–Trinajstić information content (AvgIpc) is 3.04. The normalized spacial score (nSPS) is 11.1. The van der Waals surface area contributed by atoms with E-state index in [1.54, 1.807) is 4.68 Å². The van der Waals surface area contributed by atoms with E-state index in [1.165, 1.54) is 17.3 Å². The number of thioether (sulfide) groups is 1. The summed E-state index contributed by atoms with van der Waals surface area (Å²) in [5.74, 6) is 1.68. The fraction of sp³-hybridized carbons (Fsp3) is 0.211. The zero-order valence-electron chi connectivity index (χ0n) is 14.3. The van der Waals surface area contributed by atoms with Crippen molar-refractivity contribution in [2.24, 2.45) is 5.10 Å². The maximum absolute atomic E-state index is 5.46. The van der Waals surface area contributed by atoms with E-state index in [1.807, 2.05) is 61.9 Å². The molecule has 0 atom stereocenters. The van der Waals surface area contributed by atoms with Crippen LogP contribution in [-0.4, -0.2) is 34.0 Å². The van der Waals surface area contributed by atoms with Crippen LogP contribution in [0.2, 0.25) is 0 Å². The lowest BCUT2D eigenvalue weighted by atomic mass is 10.1. The van der Waals surface area contributed by atoms with Crippen LogP contribution < -0.4 is 4.74 Å². The molecular formula is C19H20N4OS. The summed E-state index contributed by atoms with van der Waals surface area (Å²) in [6.45, 7) is 2.63. The molecule has 1 aromatic heterocycles. The van der Waals surface area contributed by atoms with Crippen LogP contribution in [0.5, 0.6) is 5.75 Å². The Morgan fingerprint density at radius 3 is 2.52 bits per heavy atom. The van der Waals surface area contributed by atoms with E-state index in [2.05, 4.69) is 27.4 Å². The molecule has 2 aromatic carbocycles. The highest BCUT2D eigenvalue weighted by Gasteiger charge is 2.11. The average molecular weight is 352 g/mol. The number of aromatic nitrogens is 3. The Morgan fingerprint density at radius 1 is 1.08 bits per heavy atom. The molecule has 5 nitrogen and oxygen atoms in total. The molecule has 128 valence electrons. The second-order valence-electron chi connectivity index (χ2n) is 5.32. The van der Waals surface area contributed by atoms with Crippen molar-refractivity contribution in [3.8, 4) is 5.75 Å². The van der Waals surface area contributed by atoms with Crippen molar-refractivity contribution in [3.05, 3.63) is 71.5 Å². The van der Waals surface area contributed by atoms with Crippen molar-refractivity contribution in [1.29, 1.82) is 0 Å². The Hall–Kier alpha value is -2.60. The van der Waals surface area contributed by atoms with Crippen LogP contribution in [0.25, 0.3) is 0 Å². The van der Waals surface area contributed by atoms with Crippen molar-refractivity contribution >= 4 is 18.0 Å². The molecule has 0 saturated heterocycles. The molecule has 6 heteroatoms. The lowest BCUT2D eigenvalue weighted by Gasteiger charge is -2.04. The number of hydrogen-bond donors (Lipinski definition) is 0. The molecule has 3 aromatic rings. The molecule has 1 heterocycles. The van der Waals surface area contributed by atoms with Gasteiger partial charge in [-0.1, -0.05) is 42.1 Å². The lowest BCUT2D eigenvalue weighted by molar-refractivity contribution is 0.340. The molecule has 0 N–H and O–H groups in total. The minimum Gasteiger partial charge on any atom is -0.494 e. The van der Waals surface area contributed by atoms with Gasteiger partial charge in [-0.25, -0.2) is 0 Å². The SMILES string of the molecule is CCOc1ccc(/C=N\n2c(Cc3ccccc3)nnc2SC)cc1. The highest BCUT2D eigenvalue weighted by molar-refractivity contribution is 7.98. The van der Waals surface area contributed by atoms with Gasteiger partial charge in [0, 0.05) is 6.42 Å². The molecule has 25 heavy (non-hydrogen) atoms. The third-order valence-electron chi connectivity index (χ3n) is 3.58. The molecule has 0 unspecified atom stereocenters. The van der Waals surface area contributed by atoms with E-state index in [-0.39, 0.29) is 0 Å². The van der Waals surface area contributed by atoms with Gasteiger partial charge >= 0.3 is 0 Å². The topological polar surface area (TPSA) is 52.3 Å². The van der Waals surface area contributed by atoms with Gasteiger partial charge < -0.3 is 4.74 Å². The summed E-state index contributed by atoms with van der Waals surface area (Å²) >= 11 is 1.53. The van der Waals surface area contributed by atoms with Gasteiger partial charge in [-0.3, -0.25) is 0 Å². The Morgan fingerprint density at radius 2 is 1.84 bits per heavy atom. The van der Waals surface area contributed by atoms with Crippen molar-refractivity contribution in [3.63, 3.8) is 0 Å². The molecule has 0 aliphatic heterocycles. The second-order valence-corrected chi connectivity index (χ2v) is 6.10. The van der Waals surface area contributed by atoms with Crippen LogP contribution in [0.3, 0.4) is 0 Å². The van der Waals surface area contributed by atoms with Gasteiger partial charge in [0.15, 0.2) is 5.82 Å². The fourth-order valence-corrected chi connectivity index (χ4v) is 2.82. The molecule has 0 aliphatic rings. The van der Waals surface area contributed by atoms with Crippen LogP contribution in [0, 0.1) is 0 Å². The monoisotopic (exact) mass is 352 g/mol. The molecule has 0 aliphatic carbocycles. The van der Waals surface area contributed by atoms with Crippen LogP contribution in [-0.2, 0) is 6.42 Å². The predicted octanol–water partition coefficient (Wildman–Crippen LogP) is 3.87. The van der Waals surface area contributed by atoms with Crippen molar-refractivity contribution in [2.45, 2.75) is 18.5 Å². The molecule has 0 fully saturated rings. The summed E-state index contributed by atoms with van der Waals surface area (Å²) in [5.41, 5.74) is 2.18. The third kappa shape index (κ3) is 4.48. The van der Waals surface area contributed by atoms with E-state index < -0.39 is 0 Å². The quantitative estimate of drug-likeness (QED) is 0.478. The largest absolute Gasteiger partial charge is 0.494 e. The minimum atomic E-state index is 0.661. The Labute approximate surface area is 151 Å². The van der Waals surface area contributed by atoms with Gasteiger partial charge in [-0.15, -0.1) is 10.2 Å². The summed E-state index contributed by atoms with van der Waals surface area (Å²) in [6.07, 6.45) is 4.47. The zero-order chi connectivity index (χ0) is 17.5. The minimum absolute atomic E-state index is 0.661. The van der Waals surface area contributed by atoms with Crippen LogP contribution in [0.15, 0.2) is 64.9 Å². The number of hydrogen-bond acceptors (Lipinski definition) is 5. The molecule has 3 rings (SSSR count). The highest BCUT2D eigenvalue weighted by Crippen LogP contribution is 2.17. The number of benzene rings is 2. The standard InChI is InChI=1S/C19H20N4OS/c1-3-24-17-11-9-16(10-12-17)14-20-23-18(21-22-19(23)25-2)13-15-7-5-4-6-8-15/h4-12,14H,3,13H2,1-2H3/b20-14-. The maximum Gasteiger partial charge on any atom is 0.211 e. The smallest absolute Gasteiger partial charge is 0.211 e. The van der Waals surface area contributed by atoms with Crippen molar-refractivity contribution < 1.29 is 4.74 Å². The highest BCUT2D eigenvalue weighted by atomic mass is 32.2. The van der Waals surface area contributed by atoms with Crippen LogP contribution in [0.1, 0.15) is 23.9 Å². The first kappa shape index (κ1) is 17.2. The summed E-state index contributed by atoms with van der Waals surface area (Å²) in [5, 5.41) is 13.9. The number of ether oxygens (including phenoxy) is 1. The van der Waals surface area contributed by atoms with Crippen LogP contribution >= 0.6 is 11.8 Å². The van der Waals surface area contributed by atoms with E-state index in [0.29, 0.717) is 13.0 Å². The molecule has 0 spiro atoms. The summed E-state index contributed by atoms with van der Waals surface area (Å²) in [6, 6.07) is 18.1. The van der Waals surface area contributed by atoms with Gasteiger partial charge in [0.2, 0.25) is 5.16 Å². The zero-order valence-corrected chi connectivity index (χ0v) is 15.1. The van der Waals surface area contributed by atoms with E-state index in [9.17, 15) is 0 Å². The fourth-order valence-electron chi connectivity index (χ4n) is 2.37. The molecular weight excluding hydrogens is 332 g/mol. The second kappa shape index (κ2) is 8.48. The van der Waals surface area contributed by atoms with Crippen molar-refractivity contribution in [2.75, 3.05) is 12.9 Å². The number of nitrogens with zero attached hydrogens (tertiary/aromatic N) is 4. The van der Waals surface area contributed by atoms with Gasteiger partial charge in [0.25, 0.3) is 0 Å². The Bertz CT molecular complexity index is 828. The van der Waals surface area contributed by atoms with Crippen molar-refractivity contribution in [1.82, 2.24) is 14.9 Å². The molecule has 0 bridgehead atoms. The first-order valence-corrected chi connectivity index (χ1v) is 9.32. The first-order chi connectivity index (χ1) is 12.3. The molecule has 0 amide bonds. The van der Waals surface area contributed by atoms with Gasteiger partial charge in [0.05, 0.1) is 12.8 Å². The molecule has 0 saturated carbocycles. The number of rotatable bonds is 7. The maximum atomic E-state index is 5.46. The molecule has 0 radical (unpaired) electrons. The lowest BCUT2D eigenvalue weighted by Crippen LogP contribution is -2.01. The summed E-state index contributed by atoms with van der Waals surface area (Å²) in [4.78, 5) is 0. The van der Waals surface area contributed by atoms with Gasteiger partial charge in [0.1, 0.15) is 5.75 Å². The summed E-state index contributed by atoms with van der Waals surface area (Å²) < 4.78 is 7.26. The Kier molecular flexibility index (Phi) is 5.85. The van der Waals surface area contributed by atoms with Gasteiger partial charge in [-0.2, -0.15) is 9.78 Å². The first-order valence-electron chi connectivity index (χ1n) is 8.09. The van der Waals surface area contributed by atoms with Crippen LogP contribution in [0.4, 0.5) is 0 Å². The van der Waals surface area contributed by atoms with E-state index in [4.69, 9.17) is 4.74 Å². The van der Waals surface area contributed by atoms with E-state index >= 15 is 0 Å². The Balaban J connectivity index is 1.82. The summed E-state index contributed by atoms with van der Waals surface area (Å²) in [7, 11) is 0. The predicted molar refractivity (Wildman–Crippen MR) is 102 cm³/mol.